The Labute approximate surface area is 116 Å². The van der Waals surface area contributed by atoms with Crippen molar-refractivity contribution >= 4 is 21.7 Å². The lowest BCUT2D eigenvalue weighted by Gasteiger charge is -2.22. The van der Waals surface area contributed by atoms with Crippen molar-refractivity contribution in [1.82, 2.24) is 0 Å². The molecule has 0 saturated carbocycles. The number of hydrogen-bond acceptors (Lipinski definition) is 2. The second kappa shape index (κ2) is 8.15. The minimum Gasteiger partial charge on any atom is -0.470 e. The van der Waals surface area contributed by atoms with Crippen molar-refractivity contribution in [3.8, 4) is 0 Å². The molecule has 0 unspecified atom stereocenters. The van der Waals surface area contributed by atoms with E-state index in [4.69, 9.17) is 4.74 Å². The van der Waals surface area contributed by atoms with E-state index in [2.05, 4.69) is 39.7 Å². The highest BCUT2D eigenvalue weighted by Gasteiger charge is 2.32. The monoisotopic (exact) mass is 288 g/mol. The van der Waals surface area contributed by atoms with Gasteiger partial charge in [0.1, 0.15) is 0 Å². The third-order valence-corrected chi connectivity index (χ3v) is 7.85. The minimum atomic E-state index is -1.80. The minimum absolute atomic E-state index is 0.122. The fraction of sp³-hybridized carbons (Fsp3) is 0.929. The largest absolute Gasteiger partial charge is 0.470 e. The molecule has 2 nitrogen and oxygen atoms in total. The smallest absolute Gasteiger partial charge is 0.271 e. The second-order valence-corrected chi connectivity index (χ2v) is 17.4. The number of hydrogen-bond donors (Lipinski definition) is 0. The zero-order valence-corrected chi connectivity index (χ0v) is 15.3. The normalized spacial score (nSPS) is 12.6. The van der Waals surface area contributed by atoms with Crippen LogP contribution < -0.4 is 0 Å². The summed E-state index contributed by atoms with van der Waals surface area (Å²) in [6.07, 6.45) is 4.99. The maximum absolute atomic E-state index is 12.1. The van der Waals surface area contributed by atoms with Gasteiger partial charge in [-0.2, -0.15) is 0 Å². The topological polar surface area (TPSA) is 26.3 Å². The van der Waals surface area contributed by atoms with Crippen LogP contribution in [-0.4, -0.2) is 28.3 Å². The summed E-state index contributed by atoms with van der Waals surface area (Å²) in [6, 6.07) is 2.16. The third-order valence-electron chi connectivity index (χ3n) is 3.29. The molecule has 18 heavy (non-hydrogen) atoms. The third kappa shape index (κ3) is 8.92. The van der Waals surface area contributed by atoms with E-state index in [9.17, 15) is 4.79 Å². The van der Waals surface area contributed by atoms with Gasteiger partial charge in [-0.05, 0) is 12.1 Å². The van der Waals surface area contributed by atoms with Gasteiger partial charge in [0, 0.05) is 8.07 Å². The zero-order valence-electron chi connectivity index (χ0n) is 13.3. The summed E-state index contributed by atoms with van der Waals surface area (Å²) in [7, 11) is -2.88. The number of ether oxygens (including phenoxy) is 1. The molecule has 0 saturated heterocycles. The van der Waals surface area contributed by atoms with Gasteiger partial charge in [0.05, 0.1) is 6.61 Å². The van der Waals surface area contributed by atoms with Crippen molar-refractivity contribution in [1.29, 1.82) is 0 Å². The number of carbonyl (C=O) groups is 1. The standard InChI is InChI=1S/C14H32O2Si2/c1-7-8-9-10-12-18(5,6)14(15)16-11-13-17(2,3)4/h7-13H2,1-6H3. The summed E-state index contributed by atoms with van der Waals surface area (Å²) in [5, 5.41) is 0. The van der Waals surface area contributed by atoms with Crippen LogP contribution in [0.25, 0.3) is 0 Å². The molecule has 0 amide bonds. The van der Waals surface area contributed by atoms with Crippen LogP contribution in [0.4, 0.5) is 4.79 Å². The summed E-state index contributed by atoms with van der Waals surface area (Å²) in [4.78, 5) is 12.1. The summed E-state index contributed by atoms with van der Waals surface area (Å²) >= 11 is 0. The summed E-state index contributed by atoms with van der Waals surface area (Å²) in [5.41, 5.74) is 0.122. The van der Waals surface area contributed by atoms with Gasteiger partial charge in [-0.25, -0.2) is 0 Å². The molecule has 0 bridgehead atoms. The van der Waals surface area contributed by atoms with E-state index in [0.717, 1.165) is 12.1 Å². The Morgan fingerprint density at radius 3 is 2.06 bits per heavy atom. The van der Waals surface area contributed by atoms with Gasteiger partial charge in [0.15, 0.2) is 8.07 Å². The zero-order chi connectivity index (χ0) is 14.2. The van der Waals surface area contributed by atoms with Gasteiger partial charge in [0.25, 0.3) is 5.59 Å². The molecule has 0 N–H and O–H groups in total. The molecule has 0 aromatic rings. The predicted octanol–water partition coefficient (Wildman–Crippen LogP) is 5.33. The van der Waals surface area contributed by atoms with Gasteiger partial charge in [-0.15, -0.1) is 0 Å². The second-order valence-electron chi connectivity index (χ2n) is 7.14. The molecule has 0 rings (SSSR count). The first-order valence-electron chi connectivity index (χ1n) is 7.36. The Balaban J connectivity index is 3.91. The molecule has 108 valence electrons. The maximum atomic E-state index is 12.1. The van der Waals surface area contributed by atoms with Gasteiger partial charge >= 0.3 is 0 Å². The Hall–Kier alpha value is -0.0962. The molecular weight excluding hydrogens is 256 g/mol. The Morgan fingerprint density at radius 1 is 0.944 bits per heavy atom. The maximum Gasteiger partial charge on any atom is 0.271 e. The molecule has 0 radical (unpaired) electrons. The van der Waals surface area contributed by atoms with Crippen LogP contribution in [0.2, 0.25) is 44.8 Å². The van der Waals surface area contributed by atoms with E-state index in [1.54, 1.807) is 0 Å². The molecule has 0 aromatic carbocycles. The molecule has 0 atom stereocenters. The van der Waals surface area contributed by atoms with Crippen molar-refractivity contribution < 1.29 is 9.53 Å². The van der Waals surface area contributed by atoms with Crippen LogP contribution in [-0.2, 0) is 4.74 Å². The van der Waals surface area contributed by atoms with Gasteiger partial charge in [0.2, 0.25) is 0 Å². The molecule has 4 heteroatoms. The summed E-state index contributed by atoms with van der Waals surface area (Å²) in [5.74, 6) is 0. The van der Waals surface area contributed by atoms with Gasteiger partial charge in [-0.3, -0.25) is 4.79 Å². The van der Waals surface area contributed by atoms with Crippen LogP contribution in [0.3, 0.4) is 0 Å². The Kier molecular flexibility index (Phi) is 8.11. The average Bonchev–Trinajstić information content (AvgIpc) is 2.22. The molecule has 0 aliphatic carbocycles. The molecule has 0 aliphatic heterocycles. The highest BCUT2D eigenvalue weighted by molar-refractivity contribution is 7.03. The number of unbranched alkanes of at least 4 members (excludes halogenated alkanes) is 3. The SMILES string of the molecule is CCCCCC[Si](C)(C)C(=O)OCC[Si](C)(C)C. The molecular formula is C14H32O2Si2. The highest BCUT2D eigenvalue weighted by Crippen LogP contribution is 2.18. The predicted molar refractivity (Wildman–Crippen MR) is 85.9 cm³/mol. The van der Waals surface area contributed by atoms with E-state index < -0.39 is 16.1 Å². The van der Waals surface area contributed by atoms with Crippen LogP contribution in [0.1, 0.15) is 32.6 Å². The van der Waals surface area contributed by atoms with Crippen molar-refractivity contribution in [2.24, 2.45) is 0 Å². The lowest BCUT2D eigenvalue weighted by Crippen LogP contribution is -2.38. The van der Waals surface area contributed by atoms with Crippen molar-refractivity contribution in [3.05, 3.63) is 0 Å². The molecule has 0 spiro atoms. The Bertz CT molecular complexity index is 245. The van der Waals surface area contributed by atoms with Gasteiger partial charge < -0.3 is 4.74 Å². The fourth-order valence-electron chi connectivity index (χ4n) is 1.74. The van der Waals surface area contributed by atoms with Crippen LogP contribution in [0.5, 0.6) is 0 Å². The van der Waals surface area contributed by atoms with Crippen molar-refractivity contribution in [3.63, 3.8) is 0 Å². The molecule has 0 fully saturated rings. The van der Waals surface area contributed by atoms with Gasteiger partial charge in [-0.1, -0.05) is 65.3 Å². The van der Waals surface area contributed by atoms with E-state index >= 15 is 0 Å². The van der Waals surface area contributed by atoms with Crippen molar-refractivity contribution in [2.75, 3.05) is 6.61 Å². The first-order chi connectivity index (χ1) is 8.19. The molecule has 0 aromatic heterocycles. The van der Waals surface area contributed by atoms with E-state index in [0.29, 0.717) is 6.61 Å². The van der Waals surface area contributed by atoms with Crippen molar-refractivity contribution in [2.45, 2.75) is 77.4 Å². The number of rotatable bonds is 9. The Morgan fingerprint density at radius 2 is 1.56 bits per heavy atom. The quantitative estimate of drug-likeness (QED) is 0.423. The van der Waals surface area contributed by atoms with Crippen LogP contribution in [0, 0.1) is 0 Å². The highest BCUT2D eigenvalue weighted by atomic mass is 28.3. The number of carbonyl (C=O) groups excluding carboxylic acids is 1. The van der Waals surface area contributed by atoms with Crippen LogP contribution >= 0.6 is 0 Å². The fourth-order valence-corrected chi connectivity index (χ4v) is 4.29. The van der Waals surface area contributed by atoms with E-state index in [-0.39, 0.29) is 5.59 Å². The van der Waals surface area contributed by atoms with E-state index in [1.807, 2.05) is 0 Å². The summed E-state index contributed by atoms with van der Waals surface area (Å²) < 4.78 is 5.50. The average molecular weight is 289 g/mol. The first kappa shape index (κ1) is 17.9. The van der Waals surface area contributed by atoms with Crippen LogP contribution in [0.15, 0.2) is 0 Å². The summed E-state index contributed by atoms with van der Waals surface area (Å²) in [6.45, 7) is 14.1. The molecule has 0 heterocycles. The first-order valence-corrected chi connectivity index (χ1v) is 14.3. The lowest BCUT2D eigenvalue weighted by atomic mass is 10.2. The van der Waals surface area contributed by atoms with E-state index in [1.165, 1.54) is 25.7 Å². The molecule has 0 aliphatic rings. The lowest BCUT2D eigenvalue weighted by molar-refractivity contribution is 0.176.